The molecule has 5 nitrogen and oxygen atoms in total. The van der Waals surface area contributed by atoms with Crippen molar-refractivity contribution in [2.45, 2.75) is 31.6 Å². The van der Waals surface area contributed by atoms with Crippen LogP contribution in [0.2, 0.25) is 0 Å². The van der Waals surface area contributed by atoms with E-state index in [4.69, 9.17) is 4.74 Å². The van der Waals surface area contributed by atoms with Crippen LogP contribution in [0.4, 0.5) is 0 Å². The second kappa shape index (κ2) is 7.02. The van der Waals surface area contributed by atoms with E-state index in [9.17, 15) is 4.79 Å². The van der Waals surface area contributed by atoms with Gasteiger partial charge >= 0.3 is 0 Å². The quantitative estimate of drug-likeness (QED) is 0.646. The molecule has 3 aromatic rings. The molecule has 0 atom stereocenters. The van der Waals surface area contributed by atoms with Crippen molar-refractivity contribution in [2.24, 2.45) is 0 Å². The van der Waals surface area contributed by atoms with Crippen LogP contribution >= 0.6 is 11.3 Å². The van der Waals surface area contributed by atoms with E-state index in [0.29, 0.717) is 5.92 Å². The van der Waals surface area contributed by atoms with Crippen LogP contribution in [-0.2, 0) is 4.79 Å². The lowest BCUT2D eigenvalue weighted by Crippen LogP contribution is -2.41. The SMILES string of the molecule is Cc1nnc(C2CCN(C(=O)C3c4ccccc4Oc4ccccc43)CC2)s1. The van der Waals surface area contributed by atoms with E-state index in [2.05, 4.69) is 10.2 Å². The van der Waals surface area contributed by atoms with Gasteiger partial charge in [0, 0.05) is 30.1 Å². The monoisotopic (exact) mass is 391 g/mol. The minimum atomic E-state index is -0.304. The molecule has 3 heterocycles. The number of rotatable bonds is 2. The van der Waals surface area contributed by atoms with Gasteiger partial charge in [0.05, 0.1) is 5.92 Å². The van der Waals surface area contributed by atoms with Gasteiger partial charge in [-0.25, -0.2) is 0 Å². The van der Waals surface area contributed by atoms with Gasteiger partial charge in [-0.2, -0.15) is 0 Å². The number of nitrogens with zero attached hydrogens (tertiary/aromatic N) is 3. The predicted molar refractivity (Wildman–Crippen MR) is 108 cm³/mol. The van der Waals surface area contributed by atoms with Crippen molar-refractivity contribution in [1.29, 1.82) is 0 Å². The summed E-state index contributed by atoms with van der Waals surface area (Å²) in [6, 6.07) is 15.7. The van der Waals surface area contributed by atoms with Crippen LogP contribution in [0.3, 0.4) is 0 Å². The third-order valence-corrected chi connectivity index (χ3v) is 6.63. The Hall–Kier alpha value is -2.73. The number of amides is 1. The molecule has 0 saturated carbocycles. The fourth-order valence-electron chi connectivity index (χ4n) is 4.18. The molecule has 5 rings (SSSR count). The van der Waals surface area contributed by atoms with Gasteiger partial charge in [-0.15, -0.1) is 21.5 Å². The molecule has 0 radical (unpaired) electrons. The largest absolute Gasteiger partial charge is 0.457 e. The van der Waals surface area contributed by atoms with E-state index >= 15 is 0 Å². The first-order chi connectivity index (χ1) is 13.7. The van der Waals surface area contributed by atoms with Crippen molar-refractivity contribution in [3.63, 3.8) is 0 Å². The zero-order chi connectivity index (χ0) is 19.1. The number of aromatic nitrogens is 2. The lowest BCUT2D eigenvalue weighted by molar-refractivity contribution is -0.133. The summed E-state index contributed by atoms with van der Waals surface area (Å²) < 4.78 is 6.04. The van der Waals surface area contributed by atoms with Crippen LogP contribution in [0, 0.1) is 6.92 Å². The molecule has 0 unspecified atom stereocenters. The van der Waals surface area contributed by atoms with Crippen molar-refractivity contribution in [3.8, 4) is 11.5 Å². The summed E-state index contributed by atoms with van der Waals surface area (Å²) >= 11 is 1.67. The minimum absolute atomic E-state index is 0.162. The van der Waals surface area contributed by atoms with E-state index in [1.807, 2.05) is 60.4 Å². The number of para-hydroxylation sites is 2. The first kappa shape index (κ1) is 17.4. The van der Waals surface area contributed by atoms with Crippen molar-refractivity contribution in [3.05, 3.63) is 69.7 Å². The highest BCUT2D eigenvalue weighted by Gasteiger charge is 2.36. The normalized spacial score (nSPS) is 17.0. The standard InChI is InChI=1S/C22H21N3O2S/c1-14-23-24-21(28-14)15-10-12-25(13-11-15)22(26)20-16-6-2-4-8-18(16)27-19-9-5-3-7-17(19)20/h2-9,15,20H,10-13H2,1H3. The summed E-state index contributed by atoms with van der Waals surface area (Å²) in [6.45, 7) is 3.49. The summed E-state index contributed by atoms with van der Waals surface area (Å²) in [7, 11) is 0. The maximum atomic E-state index is 13.6. The smallest absolute Gasteiger partial charge is 0.234 e. The van der Waals surface area contributed by atoms with E-state index < -0.39 is 0 Å². The van der Waals surface area contributed by atoms with Crippen molar-refractivity contribution in [2.75, 3.05) is 13.1 Å². The number of hydrogen-bond acceptors (Lipinski definition) is 5. The highest BCUT2D eigenvalue weighted by Crippen LogP contribution is 2.45. The lowest BCUT2D eigenvalue weighted by atomic mass is 9.86. The van der Waals surface area contributed by atoms with Crippen molar-refractivity contribution < 1.29 is 9.53 Å². The molecule has 1 amide bonds. The summed E-state index contributed by atoms with van der Waals surface area (Å²) in [5.41, 5.74) is 1.90. The Kier molecular flexibility index (Phi) is 4.36. The second-order valence-corrected chi connectivity index (χ2v) is 8.58. The van der Waals surface area contributed by atoms with Crippen LogP contribution in [0.25, 0.3) is 0 Å². The fraction of sp³-hybridized carbons (Fsp3) is 0.318. The molecule has 1 fully saturated rings. The maximum Gasteiger partial charge on any atom is 0.234 e. The van der Waals surface area contributed by atoms with Gasteiger partial charge in [0.15, 0.2) is 0 Å². The van der Waals surface area contributed by atoms with Crippen LogP contribution in [0.5, 0.6) is 11.5 Å². The average molecular weight is 391 g/mol. The zero-order valence-electron chi connectivity index (χ0n) is 15.7. The molecule has 2 aliphatic rings. The van der Waals surface area contributed by atoms with Crippen LogP contribution in [0.1, 0.15) is 45.8 Å². The molecule has 6 heteroatoms. The number of benzene rings is 2. The topological polar surface area (TPSA) is 55.3 Å². The molecular formula is C22H21N3O2S. The van der Waals surface area contributed by atoms with Gasteiger partial charge in [0.25, 0.3) is 0 Å². The van der Waals surface area contributed by atoms with Crippen LogP contribution in [0.15, 0.2) is 48.5 Å². The third kappa shape index (κ3) is 2.98. The number of hydrogen-bond donors (Lipinski definition) is 0. The molecule has 142 valence electrons. The van der Waals surface area contributed by atoms with Gasteiger partial charge in [0.1, 0.15) is 21.5 Å². The van der Waals surface area contributed by atoms with Gasteiger partial charge in [-0.3, -0.25) is 4.79 Å². The Morgan fingerprint density at radius 3 is 2.18 bits per heavy atom. The molecular weight excluding hydrogens is 370 g/mol. The highest BCUT2D eigenvalue weighted by molar-refractivity contribution is 7.11. The van der Waals surface area contributed by atoms with Crippen LogP contribution < -0.4 is 4.74 Å². The number of fused-ring (bicyclic) bond motifs is 2. The van der Waals surface area contributed by atoms with Gasteiger partial charge in [0.2, 0.25) is 5.91 Å². The maximum absolute atomic E-state index is 13.6. The van der Waals surface area contributed by atoms with E-state index in [-0.39, 0.29) is 11.8 Å². The summed E-state index contributed by atoms with van der Waals surface area (Å²) in [5.74, 6) is 1.82. The number of ether oxygens (including phenoxy) is 1. The fourth-order valence-corrected chi connectivity index (χ4v) is 5.05. The summed E-state index contributed by atoms with van der Waals surface area (Å²) in [5, 5.41) is 10.6. The molecule has 1 aromatic heterocycles. The molecule has 0 aliphatic carbocycles. The first-order valence-corrected chi connectivity index (χ1v) is 10.5. The Morgan fingerprint density at radius 1 is 1.00 bits per heavy atom. The average Bonchev–Trinajstić information content (AvgIpc) is 3.18. The Morgan fingerprint density at radius 2 is 1.61 bits per heavy atom. The Labute approximate surface area is 168 Å². The summed E-state index contributed by atoms with van der Waals surface area (Å²) in [4.78, 5) is 15.6. The number of likely N-dealkylation sites (tertiary alicyclic amines) is 1. The van der Waals surface area contributed by atoms with Gasteiger partial charge in [-0.05, 0) is 31.9 Å². The number of aryl methyl sites for hydroxylation is 1. The van der Waals surface area contributed by atoms with Gasteiger partial charge in [-0.1, -0.05) is 36.4 Å². The first-order valence-electron chi connectivity index (χ1n) is 9.65. The second-order valence-electron chi connectivity index (χ2n) is 7.37. The molecule has 28 heavy (non-hydrogen) atoms. The molecule has 2 aromatic carbocycles. The predicted octanol–water partition coefficient (Wildman–Crippen LogP) is 4.49. The van der Waals surface area contributed by atoms with E-state index in [1.165, 1.54) is 0 Å². The minimum Gasteiger partial charge on any atom is -0.457 e. The number of carbonyl (C=O) groups is 1. The van der Waals surface area contributed by atoms with Crippen molar-refractivity contribution in [1.82, 2.24) is 15.1 Å². The highest BCUT2D eigenvalue weighted by atomic mass is 32.1. The Bertz CT molecular complexity index is 978. The van der Waals surface area contributed by atoms with Gasteiger partial charge < -0.3 is 9.64 Å². The van der Waals surface area contributed by atoms with E-state index in [1.54, 1.807) is 11.3 Å². The zero-order valence-corrected chi connectivity index (χ0v) is 16.5. The number of piperidine rings is 1. The summed E-state index contributed by atoms with van der Waals surface area (Å²) in [6.07, 6.45) is 1.87. The Balaban J connectivity index is 1.40. The molecule has 0 N–H and O–H groups in total. The molecule has 0 spiro atoms. The third-order valence-electron chi connectivity index (χ3n) is 5.62. The van der Waals surface area contributed by atoms with E-state index in [0.717, 1.165) is 58.6 Å². The lowest BCUT2D eigenvalue weighted by Gasteiger charge is -2.35. The molecule has 2 aliphatic heterocycles. The molecule has 1 saturated heterocycles. The van der Waals surface area contributed by atoms with Crippen molar-refractivity contribution >= 4 is 17.2 Å². The molecule has 0 bridgehead atoms. The van der Waals surface area contributed by atoms with Crippen LogP contribution in [-0.4, -0.2) is 34.1 Å². The number of carbonyl (C=O) groups excluding carboxylic acids is 1.